The first-order valence-corrected chi connectivity index (χ1v) is 6.78. The number of hydrogen-bond acceptors (Lipinski definition) is 5. The summed E-state index contributed by atoms with van der Waals surface area (Å²) in [4.78, 5) is 12.1. The van der Waals surface area contributed by atoms with Gasteiger partial charge in [0.1, 0.15) is 11.5 Å². The van der Waals surface area contributed by atoms with E-state index in [2.05, 4.69) is 0 Å². The lowest BCUT2D eigenvalue weighted by Crippen LogP contribution is -2.06. The summed E-state index contributed by atoms with van der Waals surface area (Å²) in [6.45, 7) is 0.333. The lowest BCUT2D eigenvalue weighted by molar-refractivity contribution is 0.0601. The van der Waals surface area contributed by atoms with Crippen molar-refractivity contribution >= 4 is 5.97 Å². The van der Waals surface area contributed by atoms with Gasteiger partial charge >= 0.3 is 5.97 Å². The lowest BCUT2D eigenvalue weighted by Gasteiger charge is -2.14. The minimum absolute atomic E-state index is 0.333. The summed E-state index contributed by atoms with van der Waals surface area (Å²) in [7, 11) is 4.50. The molecule has 22 heavy (non-hydrogen) atoms. The summed E-state index contributed by atoms with van der Waals surface area (Å²) in [5.74, 6) is 0.886. The molecule has 0 bridgehead atoms. The van der Waals surface area contributed by atoms with E-state index in [-0.39, 0.29) is 0 Å². The van der Waals surface area contributed by atoms with Gasteiger partial charge in [0.05, 0.1) is 26.9 Å². The minimum Gasteiger partial charge on any atom is -0.497 e. The average molecular weight is 301 g/mol. The van der Waals surface area contributed by atoms with Crippen LogP contribution in [0.2, 0.25) is 0 Å². The van der Waals surface area contributed by atoms with Crippen LogP contribution in [0.5, 0.6) is 11.5 Å². The van der Waals surface area contributed by atoms with Crippen LogP contribution in [0.15, 0.2) is 36.4 Å². The van der Waals surface area contributed by atoms with Gasteiger partial charge in [0, 0.05) is 6.54 Å². The van der Waals surface area contributed by atoms with E-state index in [1.54, 1.807) is 26.4 Å². The Hall–Kier alpha value is -2.53. The van der Waals surface area contributed by atoms with E-state index in [0.717, 1.165) is 22.4 Å². The number of carbonyl (C=O) groups is 1. The Morgan fingerprint density at radius 2 is 1.55 bits per heavy atom. The van der Waals surface area contributed by atoms with E-state index in [0.29, 0.717) is 17.9 Å². The van der Waals surface area contributed by atoms with Gasteiger partial charge in [-0.2, -0.15) is 0 Å². The topological polar surface area (TPSA) is 70.8 Å². The van der Waals surface area contributed by atoms with Gasteiger partial charge in [0.2, 0.25) is 0 Å². The van der Waals surface area contributed by atoms with E-state index < -0.39 is 5.97 Å². The number of rotatable bonds is 5. The van der Waals surface area contributed by atoms with Crippen LogP contribution in [-0.2, 0) is 11.3 Å². The Morgan fingerprint density at radius 1 is 0.955 bits per heavy atom. The molecule has 2 rings (SSSR count). The van der Waals surface area contributed by atoms with Crippen molar-refractivity contribution < 1.29 is 19.0 Å². The summed E-state index contributed by atoms with van der Waals surface area (Å²) in [6.07, 6.45) is 0. The monoisotopic (exact) mass is 301 g/mol. The van der Waals surface area contributed by atoms with Gasteiger partial charge in [0.25, 0.3) is 0 Å². The van der Waals surface area contributed by atoms with Crippen LogP contribution in [-0.4, -0.2) is 27.3 Å². The summed E-state index contributed by atoms with van der Waals surface area (Å²) >= 11 is 0. The molecule has 0 fully saturated rings. The Morgan fingerprint density at radius 3 is 2.09 bits per heavy atom. The zero-order valence-electron chi connectivity index (χ0n) is 12.9. The van der Waals surface area contributed by atoms with Crippen molar-refractivity contribution in [2.75, 3.05) is 21.3 Å². The van der Waals surface area contributed by atoms with Crippen molar-refractivity contribution in [3.8, 4) is 22.6 Å². The highest BCUT2D eigenvalue weighted by Gasteiger charge is 2.17. The highest BCUT2D eigenvalue weighted by Crippen LogP contribution is 2.32. The predicted octanol–water partition coefficient (Wildman–Crippen LogP) is 2.62. The molecule has 0 aromatic heterocycles. The van der Waals surface area contributed by atoms with E-state index in [4.69, 9.17) is 19.9 Å². The third-order valence-electron chi connectivity index (χ3n) is 3.45. The summed E-state index contributed by atoms with van der Waals surface area (Å²) in [5.41, 5.74) is 8.76. The highest BCUT2D eigenvalue weighted by molar-refractivity contribution is 5.98. The zero-order valence-corrected chi connectivity index (χ0v) is 12.9. The van der Waals surface area contributed by atoms with Gasteiger partial charge in [-0.3, -0.25) is 0 Å². The van der Waals surface area contributed by atoms with Crippen molar-refractivity contribution in [2.24, 2.45) is 5.73 Å². The molecule has 0 aliphatic rings. The summed E-state index contributed by atoms with van der Waals surface area (Å²) in [6, 6.07) is 10.9. The number of nitrogens with two attached hydrogens (primary N) is 1. The fraction of sp³-hybridized carbons (Fsp3) is 0.235. The second-order valence-electron chi connectivity index (χ2n) is 4.63. The molecule has 0 amide bonds. The Balaban J connectivity index is 2.63. The van der Waals surface area contributed by atoms with Crippen LogP contribution < -0.4 is 15.2 Å². The Kier molecular flexibility index (Phi) is 5.01. The molecule has 0 spiro atoms. The molecule has 2 aromatic carbocycles. The molecule has 0 aliphatic carbocycles. The molecule has 0 atom stereocenters. The van der Waals surface area contributed by atoms with Crippen LogP contribution in [0.25, 0.3) is 11.1 Å². The molecular formula is C17H19NO4. The largest absolute Gasteiger partial charge is 0.497 e. The molecule has 2 aromatic rings. The quantitative estimate of drug-likeness (QED) is 0.860. The molecule has 0 aliphatic heterocycles. The number of benzene rings is 2. The maximum absolute atomic E-state index is 12.1. The fourth-order valence-electron chi connectivity index (χ4n) is 2.29. The van der Waals surface area contributed by atoms with Crippen LogP contribution in [0, 0.1) is 0 Å². The molecule has 0 saturated carbocycles. The van der Waals surface area contributed by atoms with Gasteiger partial charge in [-0.25, -0.2) is 4.79 Å². The molecule has 0 saturated heterocycles. The molecule has 5 nitrogen and oxygen atoms in total. The molecular weight excluding hydrogens is 282 g/mol. The van der Waals surface area contributed by atoms with Crippen LogP contribution in [0.4, 0.5) is 0 Å². The third-order valence-corrected chi connectivity index (χ3v) is 3.45. The van der Waals surface area contributed by atoms with Gasteiger partial charge in [-0.15, -0.1) is 0 Å². The third kappa shape index (κ3) is 3.04. The van der Waals surface area contributed by atoms with Crippen molar-refractivity contribution in [1.82, 2.24) is 0 Å². The standard InChI is InChI=1S/C17H19NO4/c1-20-12-4-6-14(11(8-12)10-18)15-7-5-13(21-2)9-16(15)17(19)22-3/h4-9H,10,18H2,1-3H3. The zero-order chi connectivity index (χ0) is 16.1. The normalized spacial score (nSPS) is 10.2. The van der Waals surface area contributed by atoms with E-state index >= 15 is 0 Å². The van der Waals surface area contributed by atoms with Gasteiger partial charge < -0.3 is 19.9 Å². The van der Waals surface area contributed by atoms with E-state index in [1.165, 1.54) is 7.11 Å². The van der Waals surface area contributed by atoms with Gasteiger partial charge in [-0.05, 0) is 47.0 Å². The smallest absolute Gasteiger partial charge is 0.338 e. The van der Waals surface area contributed by atoms with Crippen molar-refractivity contribution in [1.29, 1.82) is 0 Å². The SMILES string of the molecule is COC(=O)c1cc(OC)ccc1-c1ccc(OC)cc1CN. The van der Waals surface area contributed by atoms with Crippen LogP contribution >= 0.6 is 0 Å². The Labute approximate surface area is 129 Å². The molecule has 5 heteroatoms. The van der Waals surface area contributed by atoms with Crippen LogP contribution in [0.1, 0.15) is 15.9 Å². The first-order chi connectivity index (χ1) is 10.6. The second-order valence-corrected chi connectivity index (χ2v) is 4.63. The van der Waals surface area contributed by atoms with Crippen LogP contribution in [0.3, 0.4) is 0 Å². The highest BCUT2D eigenvalue weighted by atomic mass is 16.5. The molecule has 2 N–H and O–H groups in total. The van der Waals surface area contributed by atoms with Gasteiger partial charge in [0.15, 0.2) is 0 Å². The van der Waals surface area contributed by atoms with Crippen molar-refractivity contribution in [2.45, 2.75) is 6.54 Å². The number of esters is 1. The van der Waals surface area contributed by atoms with E-state index in [1.807, 2.05) is 24.3 Å². The van der Waals surface area contributed by atoms with Gasteiger partial charge in [-0.1, -0.05) is 6.07 Å². The molecule has 0 heterocycles. The molecule has 116 valence electrons. The predicted molar refractivity (Wildman–Crippen MR) is 84.2 cm³/mol. The number of ether oxygens (including phenoxy) is 3. The number of methoxy groups -OCH3 is 3. The first-order valence-electron chi connectivity index (χ1n) is 6.78. The maximum atomic E-state index is 12.1. The number of carbonyl (C=O) groups excluding carboxylic acids is 1. The van der Waals surface area contributed by atoms with E-state index in [9.17, 15) is 4.79 Å². The van der Waals surface area contributed by atoms with Crippen molar-refractivity contribution in [3.05, 3.63) is 47.5 Å². The molecule has 0 radical (unpaired) electrons. The lowest BCUT2D eigenvalue weighted by atomic mass is 9.95. The summed E-state index contributed by atoms with van der Waals surface area (Å²) < 4.78 is 15.3. The first kappa shape index (κ1) is 15.9. The summed E-state index contributed by atoms with van der Waals surface area (Å²) in [5, 5.41) is 0. The minimum atomic E-state index is -0.423. The number of hydrogen-bond donors (Lipinski definition) is 1. The fourth-order valence-corrected chi connectivity index (χ4v) is 2.29. The maximum Gasteiger partial charge on any atom is 0.338 e. The molecule has 0 unspecified atom stereocenters. The van der Waals surface area contributed by atoms with Crippen molar-refractivity contribution in [3.63, 3.8) is 0 Å². The average Bonchev–Trinajstić information content (AvgIpc) is 2.59. The Bertz CT molecular complexity index is 682. The second kappa shape index (κ2) is 6.95.